The van der Waals surface area contributed by atoms with Gasteiger partial charge in [0.05, 0.1) is 23.1 Å². The van der Waals surface area contributed by atoms with E-state index in [9.17, 15) is 14.4 Å². The van der Waals surface area contributed by atoms with Crippen molar-refractivity contribution in [1.82, 2.24) is 9.96 Å². The van der Waals surface area contributed by atoms with Crippen LogP contribution in [0, 0.1) is 11.8 Å². The lowest BCUT2D eigenvalue weighted by Gasteiger charge is -2.34. The summed E-state index contributed by atoms with van der Waals surface area (Å²) in [4.78, 5) is 44.9. The van der Waals surface area contributed by atoms with Crippen LogP contribution in [0.25, 0.3) is 0 Å². The van der Waals surface area contributed by atoms with E-state index < -0.39 is 23.7 Å². The third-order valence-corrected chi connectivity index (χ3v) is 5.60. The van der Waals surface area contributed by atoms with Gasteiger partial charge in [-0.2, -0.15) is 0 Å². The van der Waals surface area contributed by atoms with Gasteiger partial charge in [0.1, 0.15) is 0 Å². The first-order valence-corrected chi connectivity index (χ1v) is 9.06. The molecule has 26 heavy (non-hydrogen) atoms. The Labute approximate surface area is 151 Å². The summed E-state index contributed by atoms with van der Waals surface area (Å²) < 4.78 is 5.83. The van der Waals surface area contributed by atoms with E-state index >= 15 is 0 Å². The van der Waals surface area contributed by atoms with Crippen molar-refractivity contribution in [3.8, 4) is 0 Å². The van der Waals surface area contributed by atoms with Crippen LogP contribution in [0.2, 0.25) is 0 Å². The van der Waals surface area contributed by atoms with E-state index in [1.165, 1.54) is 0 Å². The fourth-order valence-corrected chi connectivity index (χ4v) is 4.09. The van der Waals surface area contributed by atoms with Gasteiger partial charge in [0, 0.05) is 6.61 Å². The molecule has 2 atom stereocenters. The minimum atomic E-state index is -0.589. The van der Waals surface area contributed by atoms with E-state index in [1.54, 1.807) is 24.3 Å². The molecule has 3 heterocycles. The lowest BCUT2D eigenvalue weighted by Crippen LogP contribution is -2.42. The molecule has 0 bridgehead atoms. The van der Waals surface area contributed by atoms with E-state index in [1.807, 2.05) is 0 Å². The standard InChI is InChI=1S/C19H22N2O5/c1-20-9-6-12(7-10-20)16-15(8-11-25-16)19(24)26-21-17(22)13-4-2-3-5-14(13)18(21)23/h2-5,12,15-16H,6-11H2,1H3/t15-,16+/m1/s1. The molecule has 3 aliphatic heterocycles. The number of nitrogens with zero attached hydrogens (tertiary/aromatic N) is 2. The van der Waals surface area contributed by atoms with Gasteiger partial charge in [-0.15, -0.1) is 0 Å². The Kier molecular flexibility index (Phi) is 4.50. The molecule has 0 N–H and O–H groups in total. The van der Waals surface area contributed by atoms with Gasteiger partial charge < -0.3 is 14.5 Å². The summed E-state index contributed by atoms with van der Waals surface area (Å²) in [6.07, 6.45) is 2.29. The third kappa shape index (κ3) is 2.91. The van der Waals surface area contributed by atoms with Crippen molar-refractivity contribution in [3.63, 3.8) is 0 Å². The molecule has 1 aromatic rings. The molecule has 7 nitrogen and oxygen atoms in total. The molecule has 4 rings (SSSR count). The number of imide groups is 1. The molecular formula is C19H22N2O5. The first kappa shape index (κ1) is 17.2. The second-order valence-corrected chi connectivity index (χ2v) is 7.23. The number of hydrogen-bond acceptors (Lipinski definition) is 6. The molecule has 0 unspecified atom stereocenters. The maximum Gasteiger partial charge on any atom is 0.338 e. The lowest BCUT2D eigenvalue weighted by atomic mass is 9.84. The van der Waals surface area contributed by atoms with E-state index in [4.69, 9.17) is 9.57 Å². The predicted molar refractivity (Wildman–Crippen MR) is 91.1 cm³/mol. The zero-order valence-electron chi connectivity index (χ0n) is 14.7. The molecule has 2 fully saturated rings. The molecule has 0 saturated carbocycles. The Morgan fingerprint density at radius 3 is 2.31 bits per heavy atom. The molecule has 0 aromatic heterocycles. The summed E-state index contributed by atoms with van der Waals surface area (Å²) in [6, 6.07) is 6.47. The van der Waals surface area contributed by atoms with Crippen molar-refractivity contribution >= 4 is 17.8 Å². The summed E-state index contributed by atoms with van der Waals surface area (Å²) in [5, 5.41) is 0.594. The van der Waals surface area contributed by atoms with Gasteiger partial charge in [-0.3, -0.25) is 9.59 Å². The first-order valence-electron chi connectivity index (χ1n) is 9.06. The second kappa shape index (κ2) is 6.81. The summed E-state index contributed by atoms with van der Waals surface area (Å²) in [5.41, 5.74) is 0.527. The number of carbonyl (C=O) groups is 3. The highest BCUT2D eigenvalue weighted by molar-refractivity contribution is 6.20. The number of fused-ring (bicyclic) bond motifs is 1. The highest BCUT2D eigenvalue weighted by Gasteiger charge is 2.45. The van der Waals surface area contributed by atoms with Gasteiger partial charge in [0.25, 0.3) is 11.8 Å². The zero-order chi connectivity index (χ0) is 18.3. The number of likely N-dealkylation sites (tertiary alicyclic amines) is 1. The molecule has 1 aromatic carbocycles. The smallest absolute Gasteiger partial charge is 0.338 e. The van der Waals surface area contributed by atoms with E-state index in [2.05, 4.69) is 11.9 Å². The summed E-state index contributed by atoms with van der Waals surface area (Å²) >= 11 is 0. The van der Waals surface area contributed by atoms with E-state index in [-0.39, 0.29) is 17.2 Å². The Morgan fingerprint density at radius 1 is 1.08 bits per heavy atom. The predicted octanol–water partition coefficient (Wildman–Crippen LogP) is 1.49. The molecule has 2 amide bonds. The average Bonchev–Trinajstić information content (AvgIpc) is 3.23. The van der Waals surface area contributed by atoms with Gasteiger partial charge in [-0.1, -0.05) is 17.2 Å². The molecule has 138 valence electrons. The van der Waals surface area contributed by atoms with Crippen LogP contribution in [0.15, 0.2) is 24.3 Å². The molecule has 3 aliphatic rings. The molecule has 0 aliphatic carbocycles. The number of hydroxylamine groups is 2. The van der Waals surface area contributed by atoms with Crippen molar-refractivity contribution in [1.29, 1.82) is 0 Å². The summed E-state index contributed by atoms with van der Waals surface area (Å²) in [6.45, 7) is 2.45. The van der Waals surface area contributed by atoms with Crippen molar-refractivity contribution in [2.24, 2.45) is 11.8 Å². The van der Waals surface area contributed by atoms with Gasteiger partial charge in [0.2, 0.25) is 0 Å². The van der Waals surface area contributed by atoms with Crippen LogP contribution in [0.1, 0.15) is 40.0 Å². The maximum absolute atomic E-state index is 12.7. The topological polar surface area (TPSA) is 76.2 Å². The second-order valence-electron chi connectivity index (χ2n) is 7.23. The van der Waals surface area contributed by atoms with Crippen LogP contribution in [-0.4, -0.2) is 60.6 Å². The lowest BCUT2D eigenvalue weighted by molar-refractivity contribution is -0.176. The van der Waals surface area contributed by atoms with Crippen LogP contribution < -0.4 is 0 Å². The first-order chi connectivity index (χ1) is 12.6. The van der Waals surface area contributed by atoms with Gasteiger partial charge in [0.15, 0.2) is 0 Å². The number of piperidine rings is 1. The van der Waals surface area contributed by atoms with E-state index in [0.717, 1.165) is 25.9 Å². The molecule has 7 heteroatoms. The summed E-state index contributed by atoms with van der Waals surface area (Å²) in [7, 11) is 2.08. The minimum Gasteiger partial charge on any atom is -0.377 e. The van der Waals surface area contributed by atoms with Crippen molar-refractivity contribution in [2.45, 2.75) is 25.4 Å². The zero-order valence-corrected chi connectivity index (χ0v) is 14.7. The maximum atomic E-state index is 12.7. The Hall–Kier alpha value is -2.25. The Balaban J connectivity index is 1.45. The average molecular weight is 358 g/mol. The van der Waals surface area contributed by atoms with Crippen LogP contribution in [-0.2, 0) is 14.4 Å². The number of carbonyl (C=O) groups excluding carboxylic acids is 3. The number of ether oxygens (including phenoxy) is 1. The quantitative estimate of drug-likeness (QED) is 0.762. The largest absolute Gasteiger partial charge is 0.377 e. The summed E-state index contributed by atoms with van der Waals surface area (Å²) in [5.74, 6) is -1.87. The van der Waals surface area contributed by atoms with Crippen molar-refractivity contribution in [3.05, 3.63) is 35.4 Å². The van der Waals surface area contributed by atoms with Crippen molar-refractivity contribution in [2.75, 3.05) is 26.7 Å². The SMILES string of the molecule is CN1CCC([C@@H]2OCC[C@H]2C(=O)ON2C(=O)c3ccccc3C2=O)CC1. The van der Waals surface area contributed by atoms with E-state index in [0.29, 0.717) is 24.0 Å². The number of amides is 2. The number of benzene rings is 1. The third-order valence-electron chi connectivity index (χ3n) is 5.60. The molecule has 0 radical (unpaired) electrons. The highest BCUT2D eigenvalue weighted by atomic mass is 16.7. The van der Waals surface area contributed by atoms with Crippen molar-refractivity contribution < 1.29 is 24.0 Å². The number of hydrogen-bond donors (Lipinski definition) is 0. The molecular weight excluding hydrogens is 336 g/mol. The Morgan fingerprint density at radius 2 is 1.69 bits per heavy atom. The Bertz CT molecular complexity index is 706. The minimum absolute atomic E-state index is 0.202. The van der Waals surface area contributed by atoms with Gasteiger partial charge in [-0.05, 0) is 57.5 Å². The molecule has 0 spiro atoms. The monoisotopic (exact) mass is 358 g/mol. The number of rotatable bonds is 3. The van der Waals surface area contributed by atoms with Crippen LogP contribution in [0.3, 0.4) is 0 Å². The van der Waals surface area contributed by atoms with Gasteiger partial charge in [-0.25, -0.2) is 4.79 Å². The molecule has 2 saturated heterocycles. The fraction of sp³-hybridized carbons (Fsp3) is 0.526. The van der Waals surface area contributed by atoms with Crippen LogP contribution in [0.5, 0.6) is 0 Å². The van der Waals surface area contributed by atoms with Crippen LogP contribution >= 0.6 is 0 Å². The highest BCUT2D eigenvalue weighted by Crippen LogP contribution is 2.34. The fourth-order valence-electron chi connectivity index (χ4n) is 4.09. The van der Waals surface area contributed by atoms with Gasteiger partial charge >= 0.3 is 5.97 Å². The normalized spacial score (nSPS) is 27.0. The van der Waals surface area contributed by atoms with Crippen LogP contribution in [0.4, 0.5) is 0 Å².